The van der Waals surface area contributed by atoms with Gasteiger partial charge in [-0.25, -0.2) is 19.9 Å². The molecule has 0 aliphatic heterocycles. The van der Waals surface area contributed by atoms with Crippen molar-refractivity contribution in [3.8, 4) is 11.5 Å². The molecule has 1 aliphatic rings. The summed E-state index contributed by atoms with van der Waals surface area (Å²) in [5, 5.41) is 6.27. The van der Waals surface area contributed by atoms with Crippen molar-refractivity contribution in [2.75, 3.05) is 17.7 Å². The van der Waals surface area contributed by atoms with Gasteiger partial charge in [0.05, 0.1) is 6.20 Å². The molecule has 8 nitrogen and oxygen atoms in total. The Morgan fingerprint density at radius 1 is 1.04 bits per heavy atom. The lowest BCUT2D eigenvalue weighted by atomic mass is 10.2. The average molecular weight is 372 g/mol. The number of nitrogens with one attached hydrogen (secondary N) is 2. The molecule has 8 heteroatoms. The Bertz CT molecular complexity index is 1160. The van der Waals surface area contributed by atoms with Crippen molar-refractivity contribution in [2.24, 2.45) is 0 Å². The van der Waals surface area contributed by atoms with Gasteiger partial charge in [-0.3, -0.25) is 0 Å². The summed E-state index contributed by atoms with van der Waals surface area (Å²) in [6.07, 6.45) is 5.74. The van der Waals surface area contributed by atoms with Crippen LogP contribution in [0.4, 0.5) is 17.6 Å². The highest BCUT2D eigenvalue weighted by molar-refractivity contribution is 5.77. The van der Waals surface area contributed by atoms with Crippen LogP contribution in [0.5, 0.6) is 0 Å². The van der Waals surface area contributed by atoms with Gasteiger partial charge < -0.3 is 15.2 Å². The molecule has 0 spiro atoms. The molecule has 3 aromatic heterocycles. The van der Waals surface area contributed by atoms with Gasteiger partial charge in [-0.1, -0.05) is 12.1 Å². The molecule has 2 N–H and O–H groups in total. The minimum absolute atomic E-state index is 0.398. The maximum Gasteiger partial charge on any atom is 0.229 e. The summed E-state index contributed by atoms with van der Waals surface area (Å²) in [5.41, 5.74) is 4.51. The van der Waals surface area contributed by atoms with E-state index in [4.69, 9.17) is 9.97 Å². The van der Waals surface area contributed by atoms with Crippen molar-refractivity contribution < 1.29 is 0 Å². The third-order valence-corrected chi connectivity index (χ3v) is 4.73. The molecule has 0 bridgehead atoms. The van der Waals surface area contributed by atoms with Crippen LogP contribution in [0.25, 0.3) is 22.7 Å². The molecule has 28 heavy (non-hydrogen) atoms. The summed E-state index contributed by atoms with van der Waals surface area (Å²) in [5.74, 6) is 1.93. The van der Waals surface area contributed by atoms with Crippen LogP contribution in [0.1, 0.15) is 24.4 Å². The Morgan fingerprint density at radius 3 is 2.71 bits per heavy atom. The molecular weight excluding hydrogens is 352 g/mol. The minimum atomic E-state index is 0.398. The third kappa shape index (κ3) is 3.02. The summed E-state index contributed by atoms with van der Waals surface area (Å²) in [7, 11) is 1.80. The first-order valence-electron chi connectivity index (χ1n) is 9.31. The summed E-state index contributed by atoms with van der Waals surface area (Å²) >= 11 is 0. The van der Waals surface area contributed by atoms with E-state index in [1.807, 2.05) is 18.2 Å². The number of rotatable bonds is 5. The van der Waals surface area contributed by atoms with Crippen LogP contribution in [0.15, 0.2) is 42.7 Å². The smallest absolute Gasteiger partial charge is 0.229 e. The molecule has 3 heterocycles. The molecular formula is C20H20N8. The number of aromatic nitrogens is 6. The van der Waals surface area contributed by atoms with Crippen molar-refractivity contribution in [3.05, 3.63) is 48.3 Å². The monoisotopic (exact) mass is 372 g/mol. The van der Waals surface area contributed by atoms with E-state index in [0.717, 1.165) is 41.2 Å². The standard InChI is InChI=1S/C20H20N8/c1-12-4-3-5-13(10-12)24-20-23-11-16-18(27-20)28(14-6-7-14)17(25-16)15-8-9-22-19(21-2)26-15/h3-5,8-11,14H,6-7H2,1-2H3,(H,21,22,26)(H,23,24,27). The fraction of sp³-hybridized carbons (Fsp3) is 0.250. The SMILES string of the molecule is CNc1nccc(-c2nc3cnc(Nc4cccc(C)c4)nc3n2C2CC2)n1. The predicted octanol–water partition coefficient (Wildman–Crippen LogP) is 3.71. The summed E-state index contributed by atoms with van der Waals surface area (Å²) in [6, 6.07) is 10.4. The number of hydrogen-bond acceptors (Lipinski definition) is 7. The van der Waals surface area contributed by atoms with Crippen molar-refractivity contribution in [2.45, 2.75) is 25.8 Å². The molecule has 0 atom stereocenters. The second kappa shape index (κ2) is 6.56. The Hall–Kier alpha value is -3.55. The van der Waals surface area contributed by atoms with Gasteiger partial charge in [0.1, 0.15) is 11.2 Å². The van der Waals surface area contributed by atoms with E-state index in [-0.39, 0.29) is 0 Å². The molecule has 1 aromatic carbocycles. The number of aryl methyl sites for hydroxylation is 1. The van der Waals surface area contributed by atoms with Crippen LogP contribution in [0.2, 0.25) is 0 Å². The first-order chi connectivity index (χ1) is 13.7. The number of imidazole rings is 1. The molecule has 1 saturated carbocycles. The van der Waals surface area contributed by atoms with Crippen LogP contribution < -0.4 is 10.6 Å². The Kier molecular flexibility index (Phi) is 3.89. The van der Waals surface area contributed by atoms with Crippen molar-refractivity contribution >= 4 is 28.7 Å². The van der Waals surface area contributed by atoms with Crippen molar-refractivity contribution in [3.63, 3.8) is 0 Å². The van der Waals surface area contributed by atoms with Gasteiger partial charge >= 0.3 is 0 Å². The molecule has 0 radical (unpaired) electrons. The van der Waals surface area contributed by atoms with Gasteiger partial charge in [0, 0.05) is 25.0 Å². The van der Waals surface area contributed by atoms with E-state index in [1.54, 1.807) is 19.4 Å². The molecule has 5 rings (SSSR count). The zero-order chi connectivity index (χ0) is 19.1. The van der Waals surface area contributed by atoms with E-state index >= 15 is 0 Å². The first kappa shape index (κ1) is 16.6. The Morgan fingerprint density at radius 2 is 1.93 bits per heavy atom. The summed E-state index contributed by atoms with van der Waals surface area (Å²) < 4.78 is 2.18. The average Bonchev–Trinajstić information content (AvgIpc) is 3.48. The molecule has 1 fully saturated rings. The number of anilines is 3. The van der Waals surface area contributed by atoms with Gasteiger partial charge in [-0.05, 0) is 43.5 Å². The Balaban J connectivity index is 1.60. The maximum atomic E-state index is 4.77. The predicted molar refractivity (Wildman–Crippen MR) is 109 cm³/mol. The fourth-order valence-electron chi connectivity index (χ4n) is 3.27. The van der Waals surface area contributed by atoms with E-state index in [9.17, 15) is 0 Å². The largest absolute Gasteiger partial charge is 0.357 e. The highest BCUT2D eigenvalue weighted by Gasteiger charge is 2.30. The fourth-order valence-corrected chi connectivity index (χ4v) is 3.27. The second-order valence-corrected chi connectivity index (χ2v) is 6.95. The van der Waals surface area contributed by atoms with Gasteiger partial charge in [0.2, 0.25) is 11.9 Å². The molecule has 0 amide bonds. The Labute approximate surface area is 162 Å². The third-order valence-electron chi connectivity index (χ3n) is 4.73. The van der Waals surface area contributed by atoms with Gasteiger partial charge in [0.15, 0.2) is 11.5 Å². The number of nitrogens with zero attached hydrogens (tertiary/aromatic N) is 6. The maximum absolute atomic E-state index is 4.77. The van der Waals surface area contributed by atoms with E-state index < -0.39 is 0 Å². The quantitative estimate of drug-likeness (QED) is 0.551. The van der Waals surface area contributed by atoms with Crippen molar-refractivity contribution in [1.29, 1.82) is 0 Å². The lowest BCUT2D eigenvalue weighted by Crippen LogP contribution is -2.03. The highest BCUT2D eigenvalue weighted by atomic mass is 15.2. The lowest BCUT2D eigenvalue weighted by molar-refractivity contribution is 0.763. The van der Waals surface area contributed by atoms with Crippen LogP contribution in [-0.4, -0.2) is 36.5 Å². The number of fused-ring (bicyclic) bond motifs is 1. The van der Waals surface area contributed by atoms with Gasteiger partial charge in [-0.15, -0.1) is 0 Å². The number of hydrogen-bond donors (Lipinski definition) is 2. The topological polar surface area (TPSA) is 93.4 Å². The summed E-state index contributed by atoms with van der Waals surface area (Å²) in [4.78, 5) is 22.7. The van der Waals surface area contributed by atoms with Crippen LogP contribution in [0.3, 0.4) is 0 Å². The van der Waals surface area contributed by atoms with Crippen LogP contribution in [-0.2, 0) is 0 Å². The highest BCUT2D eigenvalue weighted by Crippen LogP contribution is 2.40. The summed E-state index contributed by atoms with van der Waals surface area (Å²) in [6.45, 7) is 2.06. The zero-order valence-electron chi connectivity index (χ0n) is 15.7. The second-order valence-electron chi connectivity index (χ2n) is 6.95. The van der Waals surface area contributed by atoms with Gasteiger partial charge in [-0.2, -0.15) is 4.98 Å². The normalized spacial score (nSPS) is 13.6. The van der Waals surface area contributed by atoms with E-state index in [1.165, 1.54) is 5.56 Å². The van der Waals surface area contributed by atoms with Crippen LogP contribution in [0, 0.1) is 6.92 Å². The molecule has 0 saturated heterocycles. The van der Waals surface area contributed by atoms with E-state index in [2.05, 4.69) is 49.2 Å². The zero-order valence-corrected chi connectivity index (χ0v) is 15.7. The van der Waals surface area contributed by atoms with Crippen molar-refractivity contribution in [1.82, 2.24) is 29.5 Å². The molecule has 4 aromatic rings. The minimum Gasteiger partial charge on any atom is -0.357 e. The molecule has 140 valence electrons. The molecule has 1 aliphatic carbocycles. The van der Waals surface area contributed by atoms with Gasteiger partial charge in [0.25, 0.3) is 0 Å². The first-order valence-corrected chi connectivity index (χ1v) is 9.31. The van der Waals surface area contributed by atoms with E-state index in [0.29, 0.717) is 17.9 Å². The number of benzene rings is 1. The lowest BCUT2D eigenvalue weighted by Gasteiger charge is -2.08. The van der Waals surface area contributed by atoms with Crippen LogP contribution >= 0.6 is 0 Å². The molecule has 0 unspecified atom stereocenters.